The fourth-order valence-electron chi connectivity index (χ4n) is 8.07. The standard InChI is InChI=1S/C52H70N10O12S2/c1-29(64)41(26-63)59-51(73)43-28-76-75-27-42(60-46(68)36(53)22-32-14-6-4-7-15-32)50(72)57-39(23-33-16-8-5-9-17-33)48(70)58-40(24-34-25-55-37-19-11-10-18-35(34)37)49(71)56-38(20-12-13-21-54-45(67)31(3)66)47(69)62-44(30(2)65)52(74)61-43/h4-11,14-19,25,29-31,36,38-44,55,63-66H,12-13,20-24,26-28,53H2,1-3H3,(H,54,67)(H,56,71)(H,57,72)(H,58,70)(H,59,73)(H,60,68)(H,61,74)(H,62,69)/t29-,30-,31+,36?,38?,39?,40?,41?,42?,43?,44?/m1/s1. The molecule has 11 atom stereocenters. The van der Waals surface area contributed by atoms with Crippen molar-refractivity contribution in [3.63, 3.8) is 0 Å². The van der Waals surface area contributed by atoms with Crippen molar-refractivity contribution in [1.82, 2.24) is 47.5 Å². The highest BCUT2D eigenvalue weighted by atomic mass is 33.1. The van der Waals surface area contributed by atoms with E-state index >= 15 is 0 Å². The second kappa shape index (κ2) is 30.3. The van der Waals surface area contributed by atoms with E-state index in [0.717, 1.165) is 38.1 Å². The molecule has 0 radical (unpaired) electrons. The number of unbranched alkanes of at least 4 members (excludes halogenated alkanes) is 1. The number of carbonyl (C=O) groups is 8. The van der Waals surface area contributed by atoms with Gasteiger partial charge in [-0.25, -0.2) is 0 Å². The van der Waals surface area contributed by atoms with Crippen LogP contribution in [0.3, 0.4) is 0 Å². The SMILES string of the molecule is C[C@H](O)C(=O)NCCCCC1NC(=O)C(Cc2c[nH]c3ccccc23)NC(=O)C(Cc2ccccc2)NC(=O)C(NC(=O)C(N)Cc2ccccc2)CSSCC(C(=O)NC(CO)[C@@H](C)O)NC(=O)C([C@@H](C)O)NC1=O. The minimum Gasteiger partial charge on any atom is -0.394 e. The van der Waals surface area contributed by atoms with Crippen LogP contribution in [0.4, 0.5) is 0 Å². The topological polar surface area (TPSA) is 356 Å². The first-order valence-corrected chi connectivity index (χ1v) is 27.5. The molecule has 1 aliphatic rings. The molecule has 22 nitrogen and oxygen atoms in total. The Hall–Kier alpha value is -6.54. The number of H-pyrrole nitrogens is 1. The van der Waals surface area contributed by atoms with Gasteiger partial charge in [-0.15, -0.1) is 0 Å². The molecule has 8 unspecified atom stereocenters. The molecule has 15 N–H and O–H groups in total. The maximum Gasteiger partial charge on any atom is 0.248 e. The second-order valence-electron chi connectivity index (χ2n) is 18.7. The lowest BCUT2D eigenvalue weighted by Crippen LogP contribution is -2.62. The van der Waals surface area contributed by atoms with Gasteiger partial charge in [-0.05, 0) is 69.2 Å². The van der Waals surface area contributed by atoms with Crippen LogP contribution < -0.4 is 48.3 Å². The van der Waals surface area contributed by atoms with Crippen LogP contribution >= 0.6 is 21.6 Å². The lowest BCUT2D eigenvalue weighted by molar-refractivity contribution is -0.136. The molecule has 0 bridgehead atoms. The second-order valence-corrected chi connectivity index (χ2v) is 21.2. The lowest BCUT2D eigenvalue weighted by atomic mass is 10.0. The number of hydrogen-bond donors (Lipinski definition) is 14. The molecular weight excluding hydrogens is 1020 g/mol. The minimum absolute atomic E-state index is 0.0783. The summed E-state index contributed by atoms with van der Waals surface area (Å²) in [6, 6.07) is 13.9. The van der Waals surface area contributed by atoms with E-state index in [4.69, 9.17) is 5.73 Å². The Morgan fingerprint density at radius 1 is 0.684 bits per heavy atom. The van der Waals surface area contributed by atoms with Gasteiger partial charge in [-0.3, -0.25) is 38.4 Å². The molecule has 0 saturated carbocycles. The van der Waals surface area contributed by atoms with Crippen molar-refractivity contribution in [2.45, 2.75) is 126 Å². The van der Waals surface area contributed by atoms with Crippen molar-refractivity contribution in [3.05, 3.63) is 108 Å². The highest BCUT2D eigenvalue weighted by Crippen LogP contribution is 2.24. The van der Waals surface area contributed by atoms with Crippen LogP contribution in [0.1, 0.15) is 56.7 Å². The average molecular weight is 1090 g/mol. The van der Waals surface area contributed by atoms with E-state index in [9.17, 15) is 58.8 Å². The third kappa shape index (κ3) is 18.6. The molecule has 76 heavy (non-hydrogen) atoms. The van der Waals surface area contributed by atoms with Gasteiger partial charge >= 0.3 is 0 Å². The summed E-state index contributed by atoms with van der Waals surface area (Å²) in [7, 11) is 2.01. The Labute approximate surface area is 448 Å². The molecular formula is C52H70N10O12S2. The zero-order valence-corrected chi connectivity index (χ0v) is 44.2. The third-order valence-electron chi connectivity index (χ3n) is 12.5. The van der Waals surface area contributed by atoms with E-state index in [-0.39, 0.29) is 56.6 Å². The summed E-state index contributed by atoms with van der Waals surface area (Å²) in [4.78, 5) is 116. The Morgan fingerprint density at radius 3 is 1.92 bits per heavy atom. The Kier molecular flexibility index (Phi) is 24.0. The largest absolute Gasteiger partial charge is 0.394 e. The van der Waals surface area contributed by atoms with Gasteiger partial charge < -0.3 is 73.7 Å². The average Bonchev–Trinajstić information content (AvgIpc) is 3.81. The molecule has 4 aromatic rings. The van der Waals surface area contributed by atoms with E-state index in [1.54, 1.807) is 66.9 Å². The molecule has 2 heterocycles. The van der Waals surface area contributed by atoms with Gasteiger partial charge in [0.05, 0.1) is 30.9 Å². The molecule has 24 heteroatoms. The smallest absolute Gasteiger partial charge is 0.248 e. The zero-order valence-electron chi connectivity index (χ0n) is 42.5. The number of hydrogen-bond acceptors (Lipinski definition) is 15. The highest BCUT2D eigenvalue weighted by molar-refractivity contribution is 8.76. The molecule has 1 saturated heterocycles. The van der Waals surface area contributed by atoms with Crippen molar-refractivity contribution >= 4 is 79.7 Å². The first kappa shape index (κ1) is 60.3. The van der Waals surface area contributed by atoms with Crippen molar-refractivity contribution in [1.29, 1.82) is 0 Å². The number of nitrogens with two attached hydrogens (primary N) is 1. The van der Waals surface area contributed by atoms with E-state index in [1.165, 1.54) is 20.8 Å². The fourth-order valence-corrected chi connectivity index (χ4v) is 10.4. The number of para-hydroxylation sites is 1. The molecule has 5 rings (SSSR count). The maximum atomic E-state index is 14.8. The third-order valence-corrected chi connectivity index (χ3v) is 14.9. The summed E-state index contributed by atoms with van der Waals surface area (Å²) in [5, 5.41) is 62.7. The minimum atomic E-state index is -1.73. The quantitative estimate of drug-likeness (QED) is 0.0385. The first-order valence-electron chi connectivity index (χ1n) is 25.0. The van der Waals surface area contributed by atoms with Gasteiger partial charge in [-0.2, -0.15) is 0 Å². The molecule has 1 aliphatic heterocycles. The number of amides is 8. The summed E-state index contributed by atoms with van der Waals surface area (Å²) in [6.45, 7) is 3.28. The van der Waals surface area contributed by atoms with Crippen molar-refractivity contribution in [2.75, 3.05) is 24.7 Å². The molecule has 0 aliphatic carbocycles. The lowest BCUT2D eigenvalue weighted by Gasteiger charge is -2.29. The van der Waals surface area contributed by atoms with Crippen LogP contribution in [-0.2, 0) is 57.6 Å². The van der Waals surface area contributed by atoms with Crippen LogP contribution in [0.25, 0.3) is 10.9 Å². The van der Waals surface area contributed by atoms with Gasteiger partial charge in [0.1, 0.15) is 42.4 Å². The van der Waals surface area contributed by atoms with Crippen LogP contribution in [0, 0.1) is 0 Å². The summed E-state index contributed by atoms with van der Waals surface area (Å²) in [5.74, 6) is -7.00. The van der Waals surface area contributed by atoms with Gasteiger partial charge in [0.2, 0.25) is 47.3 Å². The van der Waals surface area contributed by atoms with Crippen LogP contribution in [0.2, 0.25) is 0 Å². The summed E-state index contributed by atoms with van der Waals surface area (Å²) >= 11 is 0. The van der Waals surface area contributed by atoms with Crippen LogP contribution in [-0.4, -0.2) is 164 Å². The van der Waals surface area contributed by atoms with E-state index in [1.807, 2.05) is 24.3 Å². The van der Waals surface area contributed by atoms with Crippen LogP contribution in [0.15, 0.2) is 91.1 Å². The number of aliphatic hydroxyl groups excluding tert-OH is 4. The number of aromatic amines is 1. The highest BCUT2D eigenvalue weighted by Gasteiger charge is 2.36. The van der Waals surface area contributed by atoms with E-state index in [2.05, 4.69) is 47.5 Å². The predicted molar refractivity (Wildman–Crippen MR) is 288 cm³/mol. The van der Waals surface area contributed by atoms with Crippen molar-refractivity contribution < 1.29 is 58.8 Å². The summed E-state index contributed by atoms with van der Waals surface area (Å²) in [6.07, 6.45) is -2.14. The maximum absolute atomic E-state index is 14.8. The molecule has 1 aromatic heterocycles. The van der Waals surface area contributed by atoms with Gasteiger partial charge in [0.25, 0.3) is 0 Å². The fraction of sp³-hybridized carbons (Fsp3) is 0.462. The molecule has 8 amide bonds. The number of benzene rings is 3. The molecule has 3 aromatic carbocycles. The molecule has 412 valence electrons. The number of nitrogens with one attached hydrogen (secondary N) is 9. The first-order chi connectivity index (χ1) is 36.3. The predicted octanol–water partition coefficient (Wildman–Crippen LogP) is -1.27. The summed E-state index contributed by atoms with van der Waals surface area (Å²) in [5.41, 5.74) is 9.10. The Balaban J connectivity index is 1.57. The van der Waals surface area contributed by atoms with Crippen LogP contribution in [0.5, 0.6) is 0 Å². The molecule has 1 fully saturated rings. The van der Waals surface area contributed by atoms with Crippen molar-refractivity contribution in [3.8, 4) is 0 Å². The Morgan fingerprint density at radius 2 is 1.28 bits per heavy atom. The Bertz CT molecular complexity index is 2570. The zero-order chi connectivity index (χ0) is 55.3. The summed E-state index contributed by atoms with van der Waals surface area (Å²) < 4.78 is 0. The van der Waals surface area contributed by atoms with Gasteiger partial charge in [-0.1, -0.05) is 100 Å². The van der Waals surface area contributed by atoms with Crippen molar-refractivity contribution in [2.24, 2.45) is 5.73 Å². The normalized spacial score (nSPS) is 22.4. The number of aromatic nitrogens is 1. The van der Waals surface area contributed by atoms with Gasteiger partial charge in [0, 0.05) is 48.0 Å². The number of aliphatic hydroxyl groups is 4. The van der Waals surface area contributed by atoms with E-state index in [0.29, 0.717) is 11.1 Å². The monoisotopic (exact) mass is 1090 g/mol. The number of carbonyl (C=O) groups excluding carboxylic acids is 8. The number of fused-ring (bicyclic) bond motifs is 1. The van der Waals surface area contributed by atoms with Gasteiger partial charge in [0.15, 0.2) is 0 Å². The number of rotatable bonds is 19. The molecule has 0 spiro atoms. The van der Waals surface area contributed by atoms with E-state index < -0.39 is 121 Å².